The molecule has 5 nitrogen and oxygen atoms in total. The lowest BCUT2D eigenvalue weighted by atomic mass is 9.96. The number of halogens is 1. The van der Waals surface area contributed by atoms with Gasteiger partial charge < -0.3 is 10.1 Å². The minimum absolute atomic E-state index is 0.330. The van der Waals surface area contributed by atoms with Crippen molar-refractivity contribution >= 4 is 28.6 Å². The third kappa shape index (κ3) is 5.56. The number of carbonyl (C=O) groups excluding carboxylic acids is 1. The lowest BCUT2D eigenvalue weighted by Gasteiger charge is -2.32. The maximum Gasteiger partial charge on any atom is 0.407 e. The minimum atomic E-state index is -0.456. The van der Waals surface area contributed by atoms with Crippen molar-refractivity contribution in [3.8, 4) is 0 Å². The molecule has 1 saturated heterocycles. The molecule has 1 aromatic heterocycles. The van der Waals surface area contributed by atoms with Crippen molar-refractivity contribution in [1.82, 2.24) is 15.2 Å². The van der Waals surface area contributed by atoms with Crippen molar-refractivity contribution < 1.29 is 9.53 Å². The molecule has 3 rings (SSSR count). The van der Waals surface area contributed by atoms with Crippen LogP contribution in [0.3, 0.4) is 0 Å². The van der Waals surface area contributed by atoms with E-state index < -0.39 is 5.60 Å². The number of piperidine rings is 1. The minimum Gasteiger partial charge on any atom is -0.444 e. The molecular weight excluding hydrogens is 362 g/mol. The SMILES string of the molecule is CC(C)(C)OC(=O)NCC1CCN(Cc2ccc(Cl)c3cccnc23)CC1. The van der Waals surface area contributed by atoms with E-state index >= 15 is 0 Å². The van der Waals surface area contributed by atoms with Crippen LogP contribution in [0.2, 0.25) is 5.02 Å². The summed E-state index contributed by atoms with van der Waals surface area (Å²) in [5.74, 6) is 0.494. The topological polar surface area (TPSA) is 54.5 Å². The van der Waals surface area contributed by atoms with Crippen molar-refractivity contribution in [1.29, 1.82) is 0 Å². The number of benzene rings is 1. The molecule has 0 saturated carbocycles. The van der Waals surface area contributed by atoms with E-state index in [2.05, 4.69) is 21.3 Å². The molecule has 0 unspecified atom stereocenters. The summed E-state index contributed by atoms with van der Waals surface area (Å²) in [6.45, 7) is 9.20. The lowest BCUT2D eigenvalue weighted by Crippen LogP contribution is -2.40. The number of aromatic nitrogens is 1. The third-order valence-corrected chi connectivity index (χ3v) is 5.16. The number of nitrogens with zero attached hydrogens (tertiary/aromatic N) is 2. The van der Waals surface area contributed by atoms with Crippen LogP contribution >= 0.6 is 11.6 Å². The van der Waals surface area contributed by atoms with E-state index in [-0.39, 0.29) is 6.09 Å². The Labute approximate surface area is 166 Å². The van der Waals surface area contributed by atoms with Gasteiger partial charge in [-0.3, -0.25) is 9.88 Å². The number of carbonyl (C=O) groups is 1. The average molecular weight is 390 g/mol. The van der Waals surface area contributed by atoms with Gasteiger partial charge in [-0.25, -0.2) is 4.79 Å². The molecule has 0 spiro atoms. The molecule has 2 heterocycles. The average Bonchev–Trinajstić information content (AvgIpc) is 2.62. The fraction of sp³-hybridized carbons (Fsp3) is 0.524. The Hall–Kier alpha value is -1.85. The number of alkyl carbamates (subject to hydrolysis) is 1. The second-order valence-corrected chi connectivity index (χ2v) is 8.62. The number of rotatable bonds is 4. The fourth-order valence-corrected chi connectivity index (χ4v) is 3.67. The quantitative estimate of drug-likeness (QED) is 0.828. The molecule has 0 radical (unpaired) electrons. The fourth-order valence-electron chi connectivity index (χ4n) is 3.46. The highest BCUT2D eigenvalue weighted by Crippen LogP contribution is 2.27. The number of ether oxygens (including phenoxy) is 1. The Kier molecular flexibility index (Phi) is 6.22. The molecule has 1 aliphatic rings. The van der Waals surface area contributed by atoms with Gasteiger partial charge in [0.1, 0.15) is 5.60 Å². The van der Waals surface area contributed by atoms with E-state index in [4.69, 9.17) is 16.3 Å². The second-order valence-electron chi connectivity index (χ2n) is 8.21. The van der Waals surface area contributed by atoms with Crippen LogP contribution in [0.1, 0.15) is 39.2 Å². The second kappa shape index (κ2) is 8.44. The predicted molar refractivity (Wildman–Crippen MR) is 109 cm³/mol. The maximum absolute atomic E-state index is 11.8. The number of hydrogen-bond acceptors (Lipinski definition) is 4. The monoisotopic (exact) mass is 389 g/mol. The number of hydrogen-bond donors (Lipinski definition) is 1. The van der Waals surface area contributed by atoms with Gasteiger partial charge in [0, 0.05) is 29.7 Å². The van der Waals surface area contributed by atoms with Gasteiger partial charge in [0.2, 0.25) is 0 Å². The Morgan fingerprint density at radius 3 is 2.74 bits per heavy atom. The molecule has 0 atom stereocenters. The first-order valence-electron chi connectivity index (χ1n) is 9.53. The molecule has 6 heteroatoms. The smallest absolute Gasteiger partial charge is 0.407 e. The van der Waals surface area contributed by atoms with E-state index in [0.29, 0.717) is 12.5 Å². The van der Waals surface area contributed by atoms with Crippen LogP contribution in [-0.2, 0) is 11.3 Å². The first-order valence-corrected chi connectivity index (χ1v) is 9.91. The molecular formula is C21H28ClN3O2. The number of amides is 1. The summed E-state index contributed by atoms with van der Waals surface area (Å²) < 4.78 is 5.30. The molecule has 1 fully saturated rings. The zero-order valence-electron chi connectivity index (χ0n) is 16.3. The molecule has 1 aliphatic heterocycles. The maximum atomic E-state index is 11.8. The van der Waals surface area contributed by atoms with E-state index in [1.54, 1.807) is 0 Å². The van der Waals surface area contributed by atoms with Crippen molar-refractivity contribution in [2.24, 2.45) is 5.92 Å². The summed E-state index contributed by atoms with van der Waals surface area (Å²) in [4.78, 5) is 18.8. The third-order valence-electron chi connectivity index (χ3n) is 4.84. The molecule has 0 aliphatic carbocycles. The highest BCUT2D eigenvalue weighted by atomic mass is 35.5. The van der Waals surface area contributed by atoms with Gasteiger partial charge in [-0.2, -0.15) is 0 Å². The number of fused-ring (bicyclic) bond motifs is 1. The molecule has 2 aromatic rings. The number of nitrogens with one attached hydrogen (secondary N) is 1. The Morgan fingerprint density at radius 2 is 2.04 bits per heavy atom. The summed E-state index contributed by atoms with van der Waals surface area (Å²) in [5.41, 5.74) is 1.74. The van der Waals surface area contributed by atoms with E-state index in [0.717, 1.165) is 48.4 Å². The van der Waals surface area contributed by atoms with E-state index in [9.17, 15) is 4.79 Å². The van der Waals surface area contributed by atoms with Crippen LogP contribution in [0.4, 0.5) is 4.79 Å². The van der Waals surface area contributed by atoms with Gasteiger partial charge >= 0.3 is 6.09 Å². The zero-order chi connectivity index (χ0) is 19.4. The van der Waals surface area contributed by atoms with Crippen molar-refractivity contribution in [3.05, 3.63) is 41.0 Å². The predicted octanol–water partition coefficient (Wildman–Crippen LogP) is 4.62. The molecule has 27 heavy (non-hydrogen) atoms. The van der Waals surface area contributed by atoms with Gasteiger partial charge in [-0.1, -0.05) is 17.7 Å². The Morgan fingerprint density at radius 1 is 1.30 bits per heavy atom. The summed E-state index contributed by atoms with van der Waals surface area (Å²) >= 11 is 6.29. The van der Waals surface area contributed by atoms with Crippen LogP contribution < -0.4 is 5.32 Å². The summed E-state index contributed by atoms with van der Waals surface area (Å²) in [6, 6.07) is 7.97. The van der Waals surface area contributed by atoms with Gasteiger partial charge in [-0.15, -0.1) is 0 Å². The number of pyridine rings is 1. The van der Waals surface area contributed by atoms with Crippen molar-refractivity contribution in [2.75, 3.05) is 19.6 Å². The summed E-state index contributed by atoms with van der Waals surface area (Å²) in [7, 11) is 0. The first-order chi connectivity index (χ1) is 12.8. The summed E-state index contributed by atoms with van der Waals surface area (Å²) in [6.07, 6.45) is 3.61. The van der Waals surface area contributed by atoms with E-state index in [1.165, 1.54) is 5.56 Å². The standard InChI is InChI=1S/C21H28ClN3O2/c1-21(2,3)27-20(26)24-13-15-8-11-25(12-9-15)14-16-6-7-18(22)17-5-4-10-23-19(16)17/h4-7,10,15H,8-9,11-14H2,1-3H3,(H,24,26). The van der Waals surface area contributed by atoms with Crippen LogP contribution in [0.5, 0.6) is 0 Å². The van der Waals surface area contributed by atoms with Gasteiger partial charge in [0.05, 0.1) is 5.52 Å². The molecule has 1 N–H and O–H groups in total. The molecule has 1 amide bonds. The first kappa shape index (κ1) is 19.9. The zero-order valence-corrected chi connectivity index (χ0v) is 17.1. The Balaban J connectivity index is 1.50. The number of likely N-dealkylation sites (tertiary alicyclic amines) is 1. The highest BCUT2D eigenvalue weighted by Gasteiger charge is 2.22. The normalized spacial score (nSPS) is 16.4. The summed E-state index contributed by atoms with van der Waals surface area (Å²) in [5, 5.41) is 4.65. The van der Waals surface area contributed by atoms with Crippen molar-refractivity contribution in [3.63, 3.8) is 0 Å². The Bertz CT molecular complexity index is 796. The largest absolute Gasteiger partial charge is 0.444 e. The lowest BCUT2D eigenvalue weighted by molar-refractivity contribution is 0.0509. The van der Waals surface area contributed by atoms with Gasteiger partial charge in [-0.05, 0) is 76.4 Å². The van der Waals surface area contributed by atoms with E-state index in [1.807, 2.05) is 45.2 Å². The van der Waals surface area contributed by atoms with Crippen LogP contribution in [0.25, 0.3) is 10.9 Å². The van der Waals surface area contributed by atoms with Crippen LogP contribution in [-0.4, -0.2) is 41.2 Å². The highest BCUT2D eigenvalue weighted by molar-refractivity contribution is 6.35. The van der Waals surface area contributed by atoms with Crippen LogP contribution in [0.15, 0.2) is 30.5 Å². The molecule has 146 valence electrons. The van der Waals surface area contributed by atoms with Crippen molar-refractivity contribution in [2.45, 2.75) is 45.8 Å². The molecule has 1 aromatic carbocycles. The molecule has 0 bridgehead atoms. The van der Waals surface area contributed by atoms with Crippen LogP contribution in [0, 0.1) is 5.92 Å². The van der Waals surface area contributed by atoms with Gasteiger partial charge in [0.25, 0.3) is 0 Å². The van der Waals surface area contributed by atoms with Gasteiger partial charge in [0.15, 0.2) is 0 Å².